The molecule has 1 amide bonds. The molecule has 21 heavy (non-hydrogen) atoms. The predicted octanol–water partition coefficient (Wildman–Crippen LogP) is 5.20. The van der Waals surface area contributed by atoms with Crippen molar-refractivity contribution in [2.75, 3.05) is 19.5 Å². The van der Waals surface area contributed by atoms with Crippen molar-refractivity contribution in [2.45, 2.75) is 0 Å². The van der Waals surface area contributed by atoms with Gasteiger partial charge in [0.15, 0.2) is 0 Å². The molecule has 0 aliphatic carbocycles. The van der Waals surface area contributed by atoms with Gasteiger partial charge in [-0.25, -0.2) is 0 Å². The predicted molar refractivity (Wildman–Crippen MR) is 92.2 cm³/mol. The lowest BCUT2D eigenvalue weighted by Gasteiger charge is -2.12. The van der Waals surface area contributed by atoms with Gasteiger partial charge in [0, 0.05) is 10.5 Å². The Balaban J connectivity index is 2.30. The molecule has 0 unspecified atom stereocenters. The molecule has 1 aromatic carbocycles. The minimum Gasteiger partial charge on any atom is -0.495 e. The lowest BCUT2D eigenvalue weighted by molar-refractivity contribution is 0.103. The molecule has 1 N–H and O–H groups in total. The molecular weight excluding hydrogens is 445 g/mol. The first-order valence-electron chi connectivity index (χ1n) is 5.64. The van der Waals surface area contributed by atoms with Crippen molar-refractivity contribution >= 4 is 66.4 Å². The van der Waals surface area contributed by atoms with Gasteiger partial charge in [0.1, 0.15) is 11.5 Å². The molecule has 1 aromatic heterocycles. The first-order chi connectivity index (χ1) is 9.96. The van der Waals surface area contributed by atoms with Crippen molar-refractivity contribution in [1.29, 1.82) is 0 Å². The Hall–Kier alpha value is -0.760. The van der Waals surface area contributed by atoms with E-state index in [0.717, 1.165) is 8.26 Å². The number of halogens is 3. The number of benzene rings is 1. The zero-order valence-corrected chi connectivity index (χ0v) is 15.7. The number of nitrogens with one attached hydrogen (secondary N) is 1. The minimum atomic E-state index is -0.245. The summed E-state index contributed by atoms with van der Waals surface area (Å²) in [6, 6.07) is 4.95. The van der Waals surface area contributed by atoms with Crippen LogP contribution >= 0.6 is 54.8 Å². The zero-order chi connectivity index (χ0) is 15.6. The largest absolute Gasteiger partial charge is 0.495 e. The van der Waals surface area contributed by atoms with Gasteiger partial charge in [-0.2, -0.15) is 0 Å². The summed E-state index contributed by atoms with van der Waals surface area (Å²) < 4.78 is 12.0. The Morgan fingerprint density at radius 1 is 1.19 bits per heavy atom. The summed E-state index contributed by atoms with van der Waals surface area (Å²) in [7, 11) is 3.02. The average molecular weight is 456 g/mol. The maximum atomic E-state index is 12.2. The Bertz CT molecular complexity index is 671. The van der Waals surface area contributed by atoms with Gasteiger partial charge in [0.25, 0.3) is 5.91 Å². The lowest BCUT2D eigenvalue weighted by Crippen LogP contribution is -2.11. The number of carbonyl (C=O) groups excluding carboxylic acids is 1. The molecule has 0 aliphatic heterocycles. The van der Waals surface area contributed by atoms with Crippen LogP contribution in [0.1, 0.15) is 9.67 Å². The quantitative estimate of drug-likeness (QED) is 0.690. The molecule has 2 rings (SSSR count). The summed E-state index contributed by atoms with van der Waals surface area (Å²) in [6.45, 7) is 0. The molecule has 0 fully saturated rings. The SMILES string of the molecule is COc1cc(OC)c(NC(=O)c2cc(Br)c(Br)s2)cc1Cl. The van der Waals surface area contributed by atoms with Gasteiger partial charge in [-0.1, -0.05) is 11.6 Å². The number of anilines is 1. The fraction of sp³-hybridized carbons (Fsp3) is 0.154. The van der Waals surface area contributed by atoms with Crippen LogP contribution in [0.5, 0.6) is 11.5 Å². The molecular formula is C13H10Br2ClNO3S. The number of hydrogen-bond donors (Lipinski definition) is 1. The molecule has 0 saturated carbocycles. The van der Waals surface area contributed by atoms with Gasteiger partial charge in [-0.05, 0) is 44.0 Å². The third-order valence-corrected chi connectivity index (χ3v) is 6.14. The summed E-state index contributed by atoms with van der Waals surface area (Å²) in [5.74, 6) is 0.707. The van der Waals surface area contributed by atoms with Crippen LogP contribution in [0.25, 0.3) is 0 Å². The van der Waals surface area contributed by atoms with Crippen LogP contribution in [0.3, 0.4) is 0 Å². The van der Waals surface area contributed by atoms with Crippen LogP contribution in [0.2, 0.25) is 5.02 Å². The van der Waals surface area contributed by atoms with E-state index >= 15 is 0 Å². The van der Waals surface area contributed by atoms with E-state index in [1.54, 1.807) is 18.2 Å². The van der Waals surface area contributed by atoms with Crippen LogP contribution in [0.4, 0.5) is 5.69 Å². The highest BCUT2D eigenvalue weighted by Crippen LogP contribution is 2.37. The lowest BCUT2D eigenvalue weighted by atomic mass is 10.2. The smallest absolute Gasteiger partial charge is 0.265 e. The van der Waals surface area contributed by atoms with E-state index in [4.69, 9.17) is 21.1 Å². The average Bonchev–Trinajstić information content (AvgIpc) is 2.79. The standard InChI is InChI=1S/C13H10Br2ClNO3S/c1-19-9-5-10(20-2)8(4-7(9)16)17-13(18)11-3-6(14)12(15)21-11/h3-5H,1-2H3,(H,17,18). The number of methoxy groups -OCH3 is 2. The number of hydrogen-bond acceptors (Lipinski definition) is 4. The fourth-order valence-electron chi connectivity index (χ4n) is 1.60. The van der Waals surface area contributed by atoms with Crippen LogP contribution in [-0.4, -0.2) is 20.1 Å². The van der Waals surface area contributed by atoms with Crippen molar-refractivity contribution in [3.8, 4) is 11.5 Å². The Kier molecular flexibility index (Phi) is 5.54. The first-order valence-corrected chi connectivity index (χ1v) is 8.42. The number of amides is 1. The highest BCUT2D eigenvalue weighted by atomic mass is 79.9. The zero-order valence-electron chi connectivity index (χ0n) is 11.0. The summed E-state index contributed by atoms with van der Waals surface area (Å²) in [4.78, 5) is 12.8. The Morgan fingerprint density at radius 2 is 1.86 bits per heavy atom. The molecule has 0 saturated heterocycles. The normalized spacial score (nSPS) is 10.3. The molecule has 0 bridgehead atoms. The third-order valence-electron chi connectivity index (χ3n) is 2.59. The maximum Gasteiger partial charge on any atom is 0.265 e. The molecule has 112 valence electrons. The van der Waals surface area contributed by atoms with E-state index in [1.165, 1.54) is 25.6 Å². The van der Waals surface area contributed by atoms with E-state index in [0.29, 0.717) is 27.1 Å². The van der Waals surface area contributed by atoms with Gasteiger partial charge < -0.3 is 14.8 Å². The van der Waals surface area contributed by atoms with E-state index in [9.17, 15) is 4.79 Å². The second-order valence-electron chi connectivity index (χ2n) is 3.87. The molecule has 4 nitrogen and oxygen atoms in total. The maximum absolute atomic E-state index is 12.2. The molecule has 1 heterocycles. The van der Waals surface area contributed by atoms with E-state index < -0.39 is 0 Å². The molecule has 0 spiro atoms. The van der Waals surface area contributed by atoms with Crippen molar-refractivity contribution in [3.63, 3.8) is 0 Å². The number of ether oxygens (including phenoxy) is 2. The minimum absolute atomic E-state index is 0.245. The Labute approximate surface area is 147 Å². The number of carbonyl (C=O) groups is 1. The third kappa shape index (κ3) is 3.71. The van der Waals surface area contributed by atoms with Gasteiger partial charge in [0.05, 0.1) is 33.6 Å². The Morgan fingerprint density at radius 3 is 2.38 bits per heavy atom. The van der Waals surface area contributed by atoms with Gasteiger partial charge in [-0.15, -0.1) is 11.3 Å². The molecule has 8 heteroatoms. The topological polar surface area (TPSA) is 47.6 Å². The van der Waals surface area contributed by atoms with Crippen LogP contribution in [0, 0.1) is 0 Å². The highest BCUT2D eigenvalue weighted by molar-refractivity contribution is 9.13. The molecule has 0 aliphatic rings. The van der Waals surface area contributed by atoms with Crippen LogP contribution < -0.4 is 14.8 Å². The summed E-state index contributed by atoms with van der Waals surface area (Å²) in [5.41, 5.74) is 0.481. The van der Waals surface area contributed by atoms with Gasteiger partial charge >= 0.3 is 0 Å². The first kappa shape index (κ1) is 16.6. The number of rotatable bonds is 4. The molecule has 0 radical (unpaired) electrons. The fourth-order valence-corrected chi connectivity index (χ4v) is 3.77. The van der Waals surface area contributed by atoms with Gasteiger partial charge in [0.2, 0.25) is 0 Å². The van der Waals surface area contributed by atoms with Crippen molar-refractivity contribution < 1.29 is 14.3 Å². The highest BCUT2D eigenvalue weighted by Gasteiger charge is 2.16. The summed E-state index contributed by atoms with van der Waals surface area (Å²) in [6.07, 6.45) is 0. The van der Waals surface area contributed by atoms with Gasteiger partial charge in [-0.3, -0.25) is 4.79 Å². The number of thiophene rings is 1. The van der Waals surface area contributed by atoms with E-state index in [-0.39, 0.29) is 5.91 Å². The summed E-state index contributed by atoms with van der Waals surface area (Å²) in [5, 5.41) is 3.17. The van der Waals surface area contributed by atoms with Crippen LogP contribution in [0.15, 0.2) is 26.5 Å². The monoisotopic (exact) mass is 453 g/mol. The molecule has 2 aromatic rings. The van der Waals surface area contributed by atoms with E-state index in [2.05, 4.69) is 37.2 Å². The second kappa shape index (κ2) is 7.00. The van der Waals surface area contributed by atoms with Crippen molar-refractivity contribution in [1.82, 2.24) is 0 Å². The van der Waals surface area contributed by atoms with Crippen molar-refractivity contribution in [2.24, 2.45) is 0 Å². The summed E-state index contributed by atoms with van der Waals surface area (Å²) >= 11 is 14.1. The van der Waals surface area contributed by atoms with Crippen LogP contribution in [-0.2, 0) is 0 Å². The molecule has 0 atom stereocenters. The van der Waals surface area contributed by atoms with Crippen molar-refractivity contribution in [3.05, 3.63) is 36.4 Å². The van der Waals surface area contributed by atoms with E-state index in [1.807, 2.05) is 0 Å². The second-order valence-corrected chi connectivity index (χ2v) is 7.51.